The molecule has 25 nitrogen and oxygen atoms in total. The number of carbonyl (C=O) groups excluding carboxylic acids is 6. The average molecular weight is 1240 g/mol. The first-order valence-corrected chi connectivity index (χ1v) is 32.6. The molecule has 13 N–H and O–H groups in total. The van der Waals surface area contributed by atoms with Gasteiger partial charge in [-0.3, -0.25) is 28.8 Å². The van der Waals surface area contributed by atoms with Crippen LogP contribution in [0.4, 0.5) is 0 Å². The van der Waals surface area contributed by atoms with Crippen molar-refractivity contribution in [2.24, 2.45) is 11.5 Å². The van der Waals surface area contributed by atoms with Crippen molar-refractivity contribution in [3.05, 3.63) is 0 Å². The smallest absolute Gasteiger partial charge is 0.480 e. The van der Waals surface area contributed by atoms with Gasteiger partial charge < -0.3 is 76.8 Å². The lowest BCUT2D eigenvalue weighted by atomic mass is 9.89. The number of aliphatic hydroxyl groups is 4. The van der Waals surface area contributed by atoms with E-state index in [1.807, 2.05) is 0 Å². The van der Waals surface area contributed by atoms with E-state index in [4.69, 9.17) is 39.8 Å². The van der Waals surface area contributed by atoms with Gasteiger partial charge in [-0.25, -0.2) is 4.79 Å². The molecule has 0 aromatic rings. The monoisotopic (exact) mass is 1240 g/mol. The predicted octanol–water partition coefficient (Wildman–Crippen LogP) is 5.12. The highest BCUT2D eigenvalue weighted by molar-refractivity contribution is 7.32. The van der Waals surface area contributed by atoms with Gasteiger partial charge in [0.1, 0.15) is 48.6 Å². The molecule has 13 atom stereocenters. The molecule has 494 valence electrons. The molecular weight excluding hydrogens is 1130 g/mol. The van der Waals surface area contributed by atoms with E-state index < -0.39 is 149 Å². The summed E-state index contributed by atoms with van der Waals surface area (Å²) >= 11 is 0. The SMILES string of the molecule is CCCCCCCCCCCCCCCC(=O)O[C@@H](CO)C(OC(=O)CCCCCC(CCCCCCCCC)NCCO[P+](=O)O)[C@@](C)(N)C(=O)N[C@H](CCC(=O)N(CC(C)O[C@H]1[C@H](O)[C@@H](CO)O[C@H](O)[C@@H]1NC(C)=O)[C@@H](C)C(=O)O)C(N)=O. The Bertz CT molecular complexity index is 1930. The van der Waals surface area contributed by atoms with Gasteiger partial charge in [0.05, 0.1) is 19.3 Å². The zero-order valence-electron chi connectivity index (χ0n) is 51.9. The van der Waals surface area contributed by atoms with Crippen molar-refractivity contribution in [2.45, 2.75) is 300 Å². The topological polar surface area (TPSA) is 395 Å². The second-order valence-corrected chi connectivity index (χ2v) is 23.8. The first-order chi connectivity index (χ1) is 40.4. The molecule has 0 radical (unpaired) electrons. The van der Waals surface area contributed by atoms with E-state index in [0.717, 1.165) is 83.0 Å². The van der Waals surface area contributed by atoms with Crippen LogP contribution in [0.5, 0.6) is 0 Å². The third kappa shape index (κ3) is 33.8. The number of rotatable bonds is 52. The molecule has 0 spiro atoms. The zero-order valence-corrected chi connectivity index (χ0v) is 52.8. The van der Waals surface area contributed by atoms with Crippen molar-refractivity contribution < 1.29 is 92.0 Å². The number of aliphatic hydroxyl groups excluding tert-OH is 4. The van der Waals surface area contributed by atoms with Crippen molar-refractivity contribution in [3.63, 3.8) is 0 Å². The summed E-state index contributed by atoms with van der Waals surface area (Å²) in [5, 5.41) is 60.2. The highest BCUT2D eigenvalue weighted by atomic mass is 31.1. The minimum Gasteiger partial charge on any atom is -0.480 e. The number of amides is 4. The van der Waals surface area contributed by atoms with Gasteiger partial charge in [-0.15, -0.1) is 9.42 Å². The van der Waals surface area contributed by atoms with Gasteiger partial charge in [0, 0.05) is 49.9 Å². The van der Waals surface area contributed by atoms with Crippen LogP contribution in [0.1, 0.15) is 228 Å². The number of nitrogens with one attached hydrogen (secondary N) is 3. The molecule has 4 unspecified atom stereocenters. The number of primary amides is 1. The molecule has 0 saturated carbocycles. The Kier molecular flexibility index (Phi) is 42.9. The number of nitrogens with two attached hydrogens (primary N) is 2. The van der Waals surface area contributed by atoms with Crippen LogP contribution in [-0.2, 0) is 61.6 Å². The Morgan fingerprint density at radius 1 is 0.729 bits per heavy atom. The lowest BCUT2D eigenvalue weighted by Crippen LogP contribution is -2.66. The van der Waals surface area contributed by atoms with Crippen LogP contribution >= 0.6 is 8.25 Å². The number of carboxylic acids is 1. The fourth-order valence-electron chi connectivity index (χ4n) is 10.4. The quantitative estimate of drug-likeness (QED) is 0.0214. The summed E-state index contributed by atoms with van der Waals surface area (Å²) in [6.07, 6.45) is 13.5. The van der Waals surface area contributed by atoms with Gasteiger partial charge in [0.15, 0.2) is 18.5 Å². The number of carboxylic acid groups (broad SMARTS) is 1. The molecule has 1 saturated heterocycles. The zero-order chi connectivity index (χ0) is 63.7. The maximum absolute atomic E-state index is 14.3. The first-order valence-electron chi connectivity index (χ1n) is 31.4. The molecule has 1 aliphatic rings. The number of unbranched alkanes of at least 4 members (excludes halogenated alkanes) is 20. The molecule has 4 amide bonds. The number of carbonyl (C=O) groups is 7. The molecule has 0 aromatic carbocycles. The molecule has 85 heavy (non-hydrogen) atoms. The Balaban J connectivity index is 3.24. The minimum atomic E-state index is -2.71. The van der Waals surface area contributed by atoms with Crippen LogP contribution in [0, 0.1) is 0 Å². The fourth-order valence-corrected chi connectivity index (χ4v) is 10.6. The molecule has 26 heteroatoms. The van der Waals surface area contributed by atoms with Gasteiger partial charge in [-0.1, -0.05) is 149 Å². The van der Waals surface area contributed by atoms with Crippen molar-refractivity contribution in [2.75, 3.05) is 32.9 Å². The molecule has 0 aromatic heterocycles. The number of nitrogens with zero attached hydrogens (tertiary/aromatic N) is 1. The van der Waals surface area contributed by atoms with E-state index in [1.165, 1.54) is 84.5 Å². The Morgan fingerprint density at radius 3 is 1.69 bits per heavy atom. The van der Waals surface area contributed by atoms with Crippen molar-refractivity contribution in [1.29, 1.82) is 0 Å². The van der Waals surface area contributed by atoms with E-state index in [1.54, 1.807) is 0 Å². The van der Waals surface area contributed by atoms with E-state index in [2.05, 4.69) is 29.8 Å². The number of hydrogen-bond donors (Lipinski definition) is 11. The van der Waals surface area contributed by atoms with Crippen LogP contribution in [0.25, 0.3) is 0 Å². The maximum atomic E-state index is 14.3. The third-order valence-electron chi connectivity index (χ3n) is 15.5. The number of aliphatic carboxylic acids is 1. The second kappa shape index (κ2) is 46.2. The standard InChI is InChI=1S/C59H109N6O19P/c1-7-9-11-13-15-16-17-18-19-20-22-24-28-32-49(70)82-47(40-67)54(84-50(71)33-29-25-27-31-44(62-36-37-80-85(78)79)30-26-23-21-14-12-10-8-2)59(6,61)58(77)64-45(55(60)73)34-35-48(69)65(42(4)56(74)75)38-41(3)81-53-51(63-43(5)68)57(76)83-46(39-66)52(53)72/h41-42,44-47,51-54,57,62,66-67,72,76H,7-40,61H2,1-6H3,(H5-,60,63,64,68,73,74,75,77,78,79)/p+1/t41?,42-,44?,45+,46+,47-,51+,52+,53+,54?,57-,59+/m0/s1. The van der Waals surface area contributed by atoms with E-state index in [-0.39, 0.29) is 25.5 Å². The molecule has 0 bridgehead atoms. The van der Waals surface area contributed by atoms with Crippen LogP contribution in [0.3, 0.4) is 0 Å². The third-order valence-corrected chi connectivity index (χ3v) is 15.9. The number of ether oxygens (including phenoxy) is 4. The molecule has 1 heterocycles. The molecule has 0 aliphatic carbocycles. The summed E-state index contributed by atoms with van der Waals surface area (Å²) in [4.78, 5) is 102. The fraction of sp³-hybridized carbons (Fsp3) is 0.881. The van der Waals surface area contributed by atoms with Gasteiger partial charge in [0.2, 0.25) is 23.6 Å². The van der Waals surface area contributed by atoms with Gasteiger partial charge in [-0.2, -0.15) is 0 Å². The lowest BCUT2D eigenvalue weighted by molar-refractivity contribution is -0.268. The average Bonchev–Trinajstić information content (AvgIpc) is 2.13. The van der Waals surface area contributed by atoms with E-state index in [0.29, 0.717) is 32.2 Å². The largest absolute Gasteiger partial charge is 0.694 e. The summed E-state index contributed by atoms with van der Waals surface area (Å²) in [6.45, 7) is 7.65. The summed E-state index contributed by atoms with van der Waals surface area (Å²) in [7, 11) is -2.71. The summed E-state index contributed by atoms with van der Waals surface area (Å²) in [5.41, 5.74) is 10.1. The van der Waals surface area contributed by atoms with Gasteiger partial charge in [0.25, 0.3) is 0 Å². The van der Waals surface area contributed by atoms with Gasteiger partial charge in [-0.05, 0) is 52.9 Å². The number of esters is 2. The van der Waals surface area contributed by atoms with Crippen molar-refractivity contribution >= 4 is 49.8 Å². The second-order valence-electron chi connectivity index (χ2n) is 23.0. The summed E-state index contributed by atoms with van der Waals surface area (Å²) in [5.74, 6) is -6.73. The number of hydrogen-bond acceptors (Lipinski definition) is 19. The van der Waals surface area contributed by atoms with Crippen molar-refractivity contribution in [3.8, 4) is 0 Å². The molecular formula is C59H110N6O19P+. The normalized spacial score (nSPS) is 20.0. The Hall–Kier alpha value is -4.01. The highest BCUT2D eigenvalue weighted by Crippen LogP contribution is 2.26. The van der Waals surface area contributed by atoms with Crippen molar-refractivity contribution in [1.82, 2.24) is 20.9 Å². The molecule has 1 aliphatic heterocycles. The van der Waals surface area contributed by atoms with Crippen LogP contribution < -0.4 is 27.4 Å². The predicted molar refractivity (Wildman–Crippen MR) is 318 cm³/mol. The van der Waals surface area contributed by atoms with Crippen LogP contribution in [0.15, 0.2) is 0 Å². The molecule has 1 rings (SSSR count). The van der Waals surface area contributed by atoms with Crippen LogP contribution in [0.2, 0.25) is 0 Å². The molecule has 1 fully saturated rings. The minimum absolute atomic E-state index is 0.0335. The summed E-state index contributed by atoms with van der Waals surface area (Å²) in [6, 6.07) is -4.38. The van der Waals surface area contributed by atoms with E-state index in [9.17, 15) is 63.7 Å². The Labute approximate surface area is 505 Å². The van der Waals surface area contributed by atoms with Crippen LogP contribution in [-0.4, -0.2) is 182 Å². The first kappa shape index (κ1) is 79.0. The highest BCUT2D eigenvalue weighted by Gasteiger charge is 2.49. The lowest BCUT2D eigenvalue weighted by Gasteiger charge is -2.43. The van der Waals surface area contributed by atoms with E-state index >= 15 is 0 Å². The Morgan fingerprint density at radius 2 is 1.22 bits per heavy atom. The van der Waals surface area contributed by atoms with Gasteiger partial charge >= 0.3 is 26.2 Å². The maximum Gasteiger partial charge on any atom is 0.694 e. The summed E-state index contributed by atoms with van der Waals surface area (Å²) < 4.78 is 38.6.